The highest BCUT2D eigenvalue weighted by molar-refractivity contribution is 6.39. The van der Waals surface area contributed by atoms with E-state index in [9.17, 15) is 4.39 Å². The highest BCUT2D eigenvalue weighted by atomic mass is 35.5. The molecule has 0 atom stereocenters. The summed E-state index contributed by atoms with van der Waals surface area (Å²) in [5.74, 6) is 2.03. The summed E-state index contributed by atoms with van der Waals surface area (Å²) in [6.07, 6.45) is 2.09. The lowest BCUT2D eigenvalue weighted by atomic mass is 9.90. The van der Waals surface area contributed by atoms with E-state index in [0.717, 1.165) is 35.4 Å². The first kappa shape index (κ1) is 26.3. The molecule has 1 N–H and O–H groups in total. The number of rotatable bonds is 8. The maximum absolute atomic E-state index is 14.3. The first-order valence-electron chi connectivity index (χ1n) is 13.1. The van der Waals surface area contributed by atoms with Gasteiger partial charge in [-0.25, -0.2) is 9.49 Å². The van der Waals surface area contributed by atoms with Crippen LogP contribution in [0.25, 0.3) is 22.6 Å². The van der Waals surface area contributed by atoms with E-state index in [0.29, 0.717) is 62.5 Å². The molecule has 0 bridgehead atoms. The van der Waals surface area contributed by atoms with E-state index in [1.165, 1.54) is 12.1 Å². The van der Waals surface area contributed by atoms with Gasteiger partial charge in [-0.05, 0) is 71.3 Å². The number of ether oxygens (including phenoxy) is 1. The van der Waals surface area contributed by atoms with Crippen molar-refractivity contribution < 1.29 is 13.7 Å². The average molecular weight is 612 g/mol. The molecule has 0 unspecified atom stereocenters. The lowest BCUT2D eigenvalue weighted by Gasteiger charge is -2.42. The van der Waals surface area contributed by atoms with E-state index in [-0.39, 0.29) is 18.3 Å². The Labute approximate surface area is 249 Å². The van der Waals surface area contributed by atoms with Crippen molar-refractivity contribution in [3.8, 4) is 28.4 Å². The molecule has 1 aliphatic carbocycles. The van der Waals surface area contributed by atoms with Crippen LogP contribution in [-0.4, -0.2) is 38.9 Å². The Morgan fingerprint density at radius 2 is 1.78 bits per heavy atom. The number of nitrogens with zero attached hydrogens (tertiary/aromatic N) is 5. The molecular weight excluding hydrogens is 590 g/mol. The van der Waals surface area contributed by atoms with Gasteiger partial charge < -0.3 is 14.2 Å². The number of tetrazole rings is 1. The Morgan fingerprint density at radius 1 is 0.976 bits per heavy atom. The van der Waals surface area contributed by atoms with Gasteiger partial charge in [0.1, 0.15) is 29.6 Å². The summed E-state index contributed by atoms with van der Waals surface area (Å²) in [6, 6.07) is 15.8. The molecule has 0 amide bonds. The lowest BCUT2D eigenvalue weighted by molar-refractivity contribution is 0.300. The number of hydrogen-bond acceptors (Lipinski definition) is 7. The van der Waals surface area contributed by atoms with Crippen molar-refractivity contribution in [2.24, 2.45) is 0 Å². The average Bonchev–Trinajstić information content (AvgIpc) is 3.44. The zero-order valence-corrected chi connectivity index (χ0v) is 23.7. The maximum Gasteiger partial charge on any atom is 0.179 e. The van der Waals surface area contributed by atoms with Crippen molar-refractivity contribution in [3.63, 3.8) is 0 Å². The minimum Gasteiger partial charge on any atom is -0.489 e. The van der Waals surface area contributed by atoms with E-state index in [2.05, 4.69) is 30.7 Å². The highest BCUT2D eigenvalue weighted by Gasteiger charge is 2.34. The Bertz CT molecular complexity index is 1710. The van der Waals surface area contributed by atoms with Crippen molar-refractivity contribution in [1.82, 2.24) is 25.8 Å². The number of aromatic nitrogens is 5. The molecule has 2 aromatic heterocycles. The van der Waals surface area contributed by atoms with Crippen LogP contribution in [0.5, 0.6) is 5.75 Å². The van der Waals surface area contributed by atoms with Gasteiger partial charge in [-0.15, -0.1) is 5.10 Å². The summed E-state index contributed by atoms with van der Waals surface area (Å²) >= 11 is 19.7. The molecule has 8 nitrogen and oxygen atoms in total. The molecule has 0 spiro atoms. The van der Waals surface area contributed by atoms with E-state index >= 15 is 0 Å². The summed E-state index contributed by atoms with van der Waals surface area (Å²) in [5, 5.41) is 19.6. The Kier molecular flexibility index (Phi) is 6.81. The van der Waals surface area contributed by atoms with Crippen LogP contribution in [0.3, 0.4) is 0 Å². The summed E-state index contributed by atoms with van der Waals surface area (Å²) in [4.78, 5) is 2.09. The predicted molar refractivity (Wildman–Crippen MR) is 154 cm³/mol. The van der Waals surface area contributed by atoms with Crippen LogP contribution in [-0.2, 0) is 6.61 Å². The number of halogens is 4. The quantitative estimate of drug-likeness (QED) is 0.192. The Hall–Kier alpha value is -3.66. The molecule has 41 heavy (non-hydrogen) atoms. The normalized spacial score (nSPS) is 15.3. The van der Waals surface area contributed by atoms with Crippen LogP contribution >= 0.6 is 34.8 Å². The second-order valence-electron chi connectivity index (χ2n) is 10.3. The van der Waals surface area contributed by atoms with Crippen LogP contribution in [0, 0.1) is 5.82 Å². The third-order valence-electron chi connectivity index (χ3n) is 7.51. The van der Waals surface area contributed by atoms with Crippen molar-refractivity contribution in [3.05, 3.63) is 92.4 Å². The minimum absolute atomic E-state index is 0.198. The van der Waals surface area contributed by atoms with E-state index in [4.69, 9.17) is 44.1 Å². The van der Waals surface area contributed by atoms with Crippen LogP contribution < -0.4 is 9.64 Å². The van der Waals surface area contributed by atoms with Gasteiger partial charge in [0.15, 0.2) is 5.82 Å². The summed E-state index contributed by atoms with van der Waals surface area (Å²) in [6.45, 7) is 1.64. The molecule has 12 heteroatoms. The smallest absolute Gasteiger partial charge is 0.179 e. The van der Waals surface area contributed by atoms with Crippen LogP contribution in [0.2, 0.25) is 15.1 Å². The van der Waals surface area contributed by atoms with Gasteiger partial charge in [0.25, 0.3) is 0 Å². The number of aromatic amines is 1. The second kappa shape index (κ2) is 10.6. The number of anilines is 1. The number of hydrogen-bond donors (Lipinski definition) is 1. The zero-order chi connectivity index (χ0) is 28.1. The molecule has 1 aliphatic heterocycles. The fourth-order valence-electron chi connectivity index (χ4n) is 5.19. The molecule has 1 saturated carbocycles. The summed E-state index contributed by atoms with van der Waals surface area (Å²) < 4.78 is 26.2. The minimum atomic E-state index is -0.352. The molecule has 0 radical (unpaired) electrons. The van der Waals surface area contributed by atoms with Crippen LogP contribution in [0.4, 0.5) is 10.1 Å². The molecule has 3 heterocycles. The third-order valence-corrected chi connectivity index (χ3v) is 8.47. The summed E-state index contributed by atoms with van der Waals surface area (Å²) in [5.41, 5.74) is 4.44. The van der Waals surface area contributed by atoms with Crippen molar-refractivity contribution in [2.75, 3.05) is 18.0 Å². The SMILES string of the molecule is Fc1cc(-c2nnn[nH]2)cc(N2CC(c3ccc(OCc4c(-c5c(Cl)cccc5Cl)noc4C4CC4)cc3Cl)C2)c1. The first-order chi connectivity index (χ1) is 19.9. The number of nitrogens with one attached hydrogen (secondary N) is 1. The topological polar surface area (TPSA) is 93.0 Å². The second-order valence-corrected chi connectivity index (χ2v) is 11.5. The monoisotopic (exact) mass is 610 g/mol. The van der Waals surface area contributed by atoms with Gasteiger partial charge >= 0.3 is 0 Å². The van der Waals surface area contributed by atoms with Crippen molar-refractivity contribution in [2.45, 2.75) is 31.3 Å². The number of H-pyrrole nitrogens is 1. The van der Waals surface area contributed by atoms with E-state index < -0.39 is 0 Å². The molecular formula is C29H22Cl3FN6O2. The van der Waals surface area contributed by atoms with Gasteiger partial charge in [0, 0.05) is 46.8 Å². The highest BCUT2D eigenvalue weighted by Crippen LogP contribution is 2.46. The van der Waals surface area contributed by atoms with Gasteiger partial charge in [-0.3, -0.25) is 0 Å². The zero-order valence-electron chi connectivity index (χ0n) is 21.5. The number of benzene rings is 3. The van der Waals surface area contributed by atoms with Gasteiger partial charge in [0.05, 0.1) is 15.6 Å². The molecule has 5 aromatic rings. The molecule has 1 saturated heterocycles. The van der Waals surface area contributed by atoms with Gasteiger partial charge in [0.2, 0.25) is 0 Å². The largest absolute Gasteiger partial charge is 0.489 e. The van der Waals surface area contributed by atoms with Crippen molar-refractivity contribution in [1.29, 1.82) is 0 Å². The summed E-state index contributed by atoms with van der Waals surface area (Å²) in [7, 11) is 0. The third kappa shape index (κ3) is 5.14. The van der Waals surface area contributed by atoms with E-state index in [1.54, 1.807) is 18.2 Å². The van der Waals surface area contributed by atoms with Crippen LogP contribution in [0.15, 0.2) is 59.1 Å². The lowest BCUT2D eigenvalue weighted by Crippen LogP contribution is -2.45. The Morgan fingerprint density at radius 3 is 2.49 bits per heavy atom. The molecule has 7 rings (SSSR count). The molecule has 2 fully saturated rings. The van der Waals surface area contributed by atoms with Gasteiger partial charge in [-0.1, -0.05) is 52.1 Å². The molecule has 208 valence electrons. The maximum atomic E-state index is 14.3. The Balaban J connectivity index is 1.06. The van der Waals surface area contributed by atoms with Crippen LogP contribution in [0.1, 0.15) is 41.6 Å². The fourth-order valence-corrected chi connectivity index (χ4v) is 6.09. The fraction of sp³-hybridized carbons (Fsp3) is 0.241. The van der Waals surface area contributed by atoms with Crippen molar-refractivity contribution >= 4 is 40.5 Å². The standard InChI is InChI=1S/C29H22Cl3FN6O2/c30-23-2-1-3-24(31)26(23)27-22(28(41-36-27)15-4-5-15)14-40-20-6-7-21(25(32)11-20)17-12-39(13-17)19-9-16(8-18(33)10-19)29-34-37-38-35-29/h1-3,6-11,15,17H,4-5,12-14H2,(H,34,35,37,38). The predicted octanol–water partition coefficient (Wildman–Crippen LogP) is 7.68. The van der Waals surface area contributed by atoms with Gasteiger partial charge in [-0.2, -0.15) is 0 Å². The molecule has 2 aliphatic rings. The van der Waals surface area contributed by atoms with E-state index in [1.807, 2.05) is 24.3 Å². The molecule has 3 aromatic carbocycles. The first-order valence-corrected chi connectivity index (χ1v) is 14.2.